The number of carbonyl (C=O) groups excluding carboxylic acids is 2. The van der Waals surface area contributed by atoms with E-state index in [0.717, 1.165) is 0 Å². The monoisotopic (exact) mass is 485 g/mol. The van der Waals surface area contributed by atoms with E-state index in [2.05, 4.69) is 20.5 Å². The fourth-order valence-electron chi connectivity index (χ4n) is 2.44. The van der Waals surface area contributed by atoms with Crippen molar-refractivity contribution in [3.8, 4) is 11.4 Å². The molecule has 158 valence electrons. The van der Waals surface area contributed by atoms with Crippen molar-refractivity contribution in [2.75, 3.05) is 17.7 Å². The van der Waals surface area contributed by atoms with Crippen LogP contribution in [0.4, 0.5) is 5.13 Å². The Labute approximate surface area is 191 Å². The molecule has 30 heavy (non-hydrogen) atoms. The van der Waals surface area contributed by atoms with E-state index in [1.165, 1.54) is 23.1 Å². The molecule has 0 aliphatic rings. The smallest absolute Gasteiger partial charge is 0.311 e. The highest BCUT2D eigenvalue weighted by molar-refractivity contribution is 7.99. The molecule has 1 N–H and O–H groups in total. The molecule has 2 aromatic heterocycles. The number of anilines is 1. The Morgan fingerprint density at radius 1 is 1.30 bits per heavy atom. The van der Waals surface area contributed by atoms with Crippen LogP contribution in [-0.4, -0.2) is 44.0 Å². The van der Waals surface area contributed by atoms with E-state index in [-0.39, 0.29) is 24.1 Å². The van der Waals surface area contributed by atoms with Gasteiger partial charge in [-0.2, -0.15) is 0 Å². The molecule has 0 saturated heterocycles. The van der Waals surface area contributed by atoms with E-state index in [9.17, 15) is 9.59 Å². The van der Waals surface area contributed by atoms with E-state index < -0.39 is 0 Å². The van der Waals surface area contributed by atoms with Gasteiger partial charge in [0.1, 0.15) is 0 Å². The molecule has 1 aromatic carbocycles. The summed E-state index contributed by atoms with van der Waals surface area (Å²) >= 11 is 14.7. The molecule has 0 aliphatic carbocycles. The predicted molar refractivity (Wildman–Crippen MR) is 118 cm³/mol. The number of aromatic nitrogens is 4. The van der Waals surface area contributed by atoms with Crippen molar-refractivity contribution in [2.45, 2.75) is 18.5 Å². The third kappa shape index (κ3) is 5.72. The second-order valence-electron chi connectivity index (χ2n) is 5.95. The first-order valence-electron chi connectivity index (χ1n) is 8.74. The molecule has 0 atom stereocenters. The SMILES string of the molecule is CCOC(=O)Cc1csc(NC(=O)CSc2nnc(-c3ccc(Cl)cc3Cl)n2C)n1. The van der Waals surface area contributed by atoms with Crippen molar-refractivity contribution in [1.82, 2.24) is 19.7 Å². The zero-order valence-electron chi connectivity index (χ0n) is 16.0. The fraction of sp³-hybridized carbons (Fsp3) is 0.278. The number of hydrogen-bond acceptors (Lipinski definition) is 8. The number of nitrogens with one attached hydrogen (secondary N) is 1. The first kappa shape index (κ1) is 22.5. The minimum atomic E-state index is -0.352. The molecule has 2 heterocycles. The van der Waals surface area contributed by atoms with Gasteiger partial charge < -0.3 is 14.6 Å². The Morgan fingerprint density at radius 2 is 2.10 bits per heavy atom. The Morgan fingerprint density at radius 3 is 2.83 bits per heavy atom. The number of halogens is 2. The lowest BCUT2D eigenvalue weighted by molar-refractivity contribution is -0.142. The number of thioether (sulfide) groups is 1. The van der Waals surface area contributed by atoms with Crippen molar-refractivity contribution < 1.29 is 14.3 Å². The summed E-state index contributed by atoms with van der Waals surface area (Å²) in [6.45, 7) is 2.06. The van der Waals surface area contributed by atoms with Gasteiger partial charge in [0, 0.05) is 23.0 Å². The molecule has 0 bridgehead atoms. The van der Waals surface area contributed by atoms with Gasteiger partial charge in [-0.3, -0.25) is 9.59 Å². The fourth-order valence-corrected chi connectivity index (χ4v) is 4.37. The number of nitrogens with zero attached hydrogens (tertiary/aromatic N) is 4. The van der Waals surface area contributed by atoms with Crippen LogP contribution < -0.4 is 5.32 Å². The predicted octanol–water partition coefficient (Wildman–Crippen LogP) is 4.08. The standard InChI is InChI=1S/C18H17Cl2N5O3S2/c1-3-28-15(27)7-11-8-29-17(21-11)22-14(26)9-30-18-24-23-16(25(18)2)12-5-4-10(19)6-13(12)20/h4-6,8H,3,7,9H2,1-2H3,(H,21,22,26). The van der Waals surface area contributed by atoms with Crippen molar-refractivity contribution in [3.63, 3.8) is 0 Å². The summed E-state index contributed by atoms with van der Waals surface area (Å²) in [5.74, 6) is 0.0944. The zero-order chi connectivity index (χ0) is 21.7. The summed E-state index contributed by atoms with van der Waals surface area (Å²) in [7, 11) is 1.79. The molecule has 0 spiro atoms. The van der Waals surface area contributed by atoms with Crippen LogP contribution in [0.15, 0.2) is 28.7 Å². The number of ether oxygens (including phenoxy) is 1. The molecule has 8 nitrogen and oxygen atoms in total. The van der Waals surface area contributed by atoms with E-state index in [1.807, 2.05) is 0 Å². The van der Waals surface area contributed by atoms with E-state index in [4.69, 9.17) is 27.9 Å². The maximum Gasteiger partial charge on any atom is 0.311 e. The minimum absolute atomic E-state index is 0.0733. The van der Waals surface area contributed by atoms with Gasteiger partial charge in [-0.25, -0.2) is 4.98 Å². The topological polar surface area (TPSA) is 99.0 Å². The maximum absolute atomic E-state index is 12.2. The van der Waals surface area contributed by atoms with Crippen molar-refractivity contribution >= 4 is 63.3 Å². The molecule has 3 rings (SSSR count). The first-order valence-corrected chi connectivity index (χ1v) is 11.4. The molecule has 0 aliphatic heterocycles. The van der Waals surface area contributed by atoms with Crippen LogP contribution in [0.3, 0.4) is 0 Å². The second-order valence-corrected chi connectivity index (χ2v) is 8.60. The summed E-state index contributed by atoms with van der Waals surface area (Å²) in [4.78, 5) is 28.0. The van der Waals surface area contributed by atoms with Gasteiger partial charge in [-0.1, -0.05) is 35.0 Å². The normalized spacial score (nSPS) is 10.8. The van der Waals surface area contributed by atoms with E-state index in [1.54, 1.807) is 42.1 Å². The van der Waals surface area contributed by atoms with Crippen LogP contribution in [0.5, 0.6) is 0 Å². The summed E-state index contributed by atoms with van der Waals surface area (Å²) < 4.78 is 6.64. The third-order valence-corrected chi connectivity index (χ3v) is 6.14. The highest BCUT2D eigenvalue weighted by Crippen LogP contribution is 2.30. The molecule has 0 fully saturated rings. The Hall–Kier alpha value is -2.14. The lowest BCUT2D eigenvalue weighted by Gasteiger charge is -2.06. The molecular weight excluding hydrogens is 469 g/mol. The van der Waals surface area contributed by atoms with Gasteiger partial charge in [-0.05, 0) is 25.1 Å². The lowest BCUT2D eigenvalue weighted by Crippen LogP contribution is -2.14. The van der Waals surface area contributed by atoms with Crippen molar-refractivity contribution in [3.05, 3.63) is 39.3 Å². The number of hydrogen-bond donors (Lipinski definition) is 1. The van der Waals surface area contributed by atoms with E-state index in [0.29, 0.717) is 44.0 Å². The third-order valence-electron chi connectivity index (χ3n) is 3.77. The van der Waals surface area contributed by atoms with Crippen LogP contribution >= 0.6 is 46.3 Å². The average molecular weight is 486 g/mol. The highest BCUT2D eigenvalue weighted by atomic mass is 35.5. The second kappa shape index (κ2) is 10.3. The summed E-state index contributed by atoms with van der Waals surface area (Å²) in [6.07, 6.45) is 0.0733. The van der Waals surface area contributed by atoms with E-state index >= 15 is 0 Å². The quantitative estimate of drug-likeness (QED) is 0.378. The van der Waals surface area contributed by atoms with Gasteiger partial charge in [0.25, 0.3) is 0 Å². The Balaban J connectivity index is 1.57. The molecule has 0 unspecified atom stereocenters. The number of benzene rings is 1. The first-order chi connectivity index (χ1) is 14.4. The Kier molecular flexibility index (Phi) is 7.70. The number of rotatable bonds is 8. The molecule has 1 amide bonds. The van der Waals surface area contributed by atoms with Gasteiger partial charge in [0.2, 0.25) is 5.91 Å². The molecule has 0 radical (unpaired) electrons. The van der Waals surface area contributed by atoms with Crippen LogP contribution in [-0.2, 0) is 27.8 Å². The Bertz CT molecular complexity index is 1070. The van der Waals surface area contributed by atoms with Crippen LogP contribution in [0, 0.1) is 0 Å². The summed E-state index contributed by atoms with van der Waals surface area (Å²) in [5, 5.41) is 14.7. The summed E-state index contributed by atoms with van der Waals surface area (Å²) in [5.41, 5.74) is 1.25. The molecule has 0 saturated carbocycles. The molecular formula is C18H17Cl2N5O3S2. The average Bonchev–Trinajstić information content (AvgIpc) is 3.27. The van der Waals surface area contributed by atoms with Crippen LogP contribution in [0.25, 0.3) is 11.4 Å². The van der Waals surface area contributed by atoms with Crippen LogP contribution in [0.1, 0.15) is 12.6 Å². The lowest BCUT2D eigenvalue weighted by atomic mass is 10.2. The van der Waals surface area contributed by atoms with Crippen molar-refractivity contribution in [2.24, 2.45) is 7.05 Å². The minimum Gasteiger partial charge on any atom is -0.466 e. The molecule has 12 heteroatoms. The largest absolute Gasteiger partial charge is 0.466 e. The molecule has 3 aromatic rings. The summed E-state index contributed by atoms with van der Waals surface area (Å²) in [6, 6.07) is 5.13. The number of carbonyl (C=O) groups is 2. The van der Waals surface area contributed by atoms with Gasteiger partial charge in [-0.15, -0.1) is 21.5 Å². The van der Waals surface area contributed by atoms with Gasteiger partial charge in [0.05, 0.1) is 29.5 Å². The number of thiazole rings is 1. The zero-order valence-corrected chi connectivity index (χ0v) is 19.2. The van der Waals surface area contributed by atoms with Gasteiger partial charge >= 0.3 is 5.97 Å². The number of amides is 1. The van der Waals surface area contributed by atoms with Gasteiger partial charge in [0.15, 0.2) is 16.1 Å². The maximum atomic E-state index is 12.2. The highest BCUT2D eigenvalue weighted by Gasteiger charge is 2.16. The number of esters is 1. The van der Waals surface area contributed by atoms with Crippen molar-refractivity contribution in [1.29, 1.82) is 0 Å². The van der Waals surface area contributed by atoms with Crippen LogP contribution in [0.2, 0.25) is 10.0 Å².